The van der Waals surface area contributed by atoms with Crippen molar-refractivity contribution >= 4 is 23.2 Å². The Balaban J connectivity index is 0.000000159. The second-order valence-corrected chi connectivity index (χ2v) is 13.8. The van der Waals surface area contributed by atoms with Crippen LogP contribution in [0.5, 0.6) is 0 Å². The third-order valence-corrected chi connectivity index (χ3v) is 10.5. The largest absolute Gasteiger partial charge is 0.387 e. The fourth-order valence-corrected chi connectivity index (χ4v) is 7.46. The number of nitrogens with zero attached hydrogens (tertiary/aromatic N) is 6. The van der Waals surface area contributed by atoms with E-state index in [1.54, 1.807) is 17.3 Å². The van der Waals surface area contributed by atoms with Crippen LogP contribution >= 0.6 is 23.2 Å². The van der Waals surface area contributed by atoms with E-state index < -0.39 is 5.60 Å². The minimum absolute atomic E-state index is 0.119. The summed E-state index contributed by atoms with van der Waals surface area (Å²) in [5, 5.41) is 21.4. The van der Waals surface area contributed by atoms with Gasteiger partial charge in [-0.05, 0) is 90.0 Å². The highest BCUT2D eigenvalue weighted by atomic mass is 35.5. The summed E-state index contributed by atoms with van der Waals surface area (Å²) in [6, 6.07) is 22.6. The van der Waals surface area contributed by atoms with Crippen molar-refractivity contribution in [3.63, 3.8) is 0 Å². The van der Waals surface area contributed by atoms with Crippen LogP contribution in [-0.2, 0) is 24.9 Å². The Hall–Kier alpha value is -3.59. The van der Waals surface area contributed by atoms with E-state index in [1.165, 1.54) is 30.4 Å². The van der Waals surface area contributed by atoms with Gasteiger partial charge in [0.25, 0.3) is 0 Å². The summed E-state index contributed by atoms with van der Waals surface area (Å²) in [6.07, 6.45) is 10.3. The number of rotatable bonds is 8. The first-order valence-electron chi connectivity index (χ1n) is 15.2. The summed E-state index contributed by atoms with van der Waals surface area (Å²) >= 11 is 12.3. The summed E-state index contributed by atoms with van der Waals surface area (Å²) in [6.45, 7) is 5.48. The number of benzene rings is 3. The topological polar surface area (TPSA) is 81.6 Å². The summed E-state index contributed by atoms with van der Waals surface area (Å²) in [4.78, 5) is 8.01. The number of hydrogen-bond acceptors (Lipinski definition) is 5. The molecule has 3 aromatic carbocycles. The van der Waals surface area contributed by atoms with Gasteiger partial charge >= 0.3 is 0 Å². The summed E-state index contributed by atoms with van der Waals surface area (Å²) in [7, 11) is 0. The van der Waals surface area contributed by atoms with E-state index in [1.807, 2.05) is 59.3 Å². The summed E-state index contributed by atoms with van der Waals surface area (Å²) in [5.74, 6) is 0.276. The Morgan fingerprint density at radius 1 is 0.867 bits per heavy atom. The number of aromatic nitrogens is 6. The molecule has 45 heavy (non-hydrogen) atoms. The van der Waals surface area contributed by atoms with E-state index in [4.69, 9.17) is 23.2 Å². The van der Waals surface area contributed by atoms with E-state index in [0.29, 0.717) is 19.0 Å². The lowest BCUT2D eigenvalue weighted by Gasteiger charge is -2.40. The van der Waals surface area contributed by atoms with Gasteiger partial charge in [-0.15, -0.1) is 0 Å². The lowest BCUT2D eigenvalue weighted by molar-refractivity contribution is -0.0907. The summed E-state index contributed by atoms with van der Waals surface area (Å²) in [5.41, 5.74) is 2.41. The third kappa shape index (κ3) is 6.55. The maximum Gasteiger partial charge on any atom is 0.137 e. The van der Waals surface area contributed by atoms with E-state index in [0.717, 1.165) is 46.9 Å². The molecule has 0 aliphatic heterocycles. The Kier molecular flexibility index (Phi) is 8.83. The lowest BCUT2D eigenvalue weighted by atomic mass is 9.72. The number of halogens is 3. The predicted octanol–water partition coefficient (Wildman–Crippen LogP) is 7.54. The fourth-order valence-electron chi connectivity index (χ4n) is 7.06. The molecule has 234 valence electrons. The normalized spacial score (nSPS) is 25.0. The molecule has 0 amide bonds. The molecule has 7 rings (SSSR count). The maximum absolute atomic E-state index is 13.3. The van der Waals surface area contributed by atoms with Crippen LogP contribution < -0.4 is 0 Å². The van der Waals surface area contributed by atoms with Crippen molar-refractivity contribution < 1.29 is 9.50 Å². The van der Waals surface area contributed by atoms with Crippen molar-refractivity contribution in [2.45, 2.75) is 69.6 Å². The molecule has 0 radical (unpaired) electrons. The molecule has 4 unspecified atom stereocenters. The second-order valence-electron chi connectivity index (χ2n) is 13.0. The zero-order valence-electron chi connectivity index (χ0n) is 25.4. The number of aliphatic hydroxyl groups is 1. The predicted molar refractivity (Wildman–Crippen MR) is 174 cm³/mol. The molecule has 0 bridgehead atoms. The maximum atomic E-state index is 13.3. The van der Waals surface area contributed by atoms with Crippen LogP contribution in [0.15, 0.2) is 98.1 Å². The van der Waals surface area contributed by atoms with Crippen molar-refractivity contribution in [2.75, 3.05) is 0 Å². The van der Waals surface area contributed by atoms with E-state index in [9.17, 15) is 9.50 Å². The molecule has 4 atom stereocenters. The molecule has 0 spiro atoms. The molecule has 7 nitrogen and oxygen atoms in total. The van der Waals surface area contributed by atoms with Gasteiger partial charge in [-0.25, -0.2) is 14.4 Å². The van der Waals surface area contributed by atoms with Crippen LogP contribution in [0.25, 0.3) is 0 Å². The van der Waals surface area contributed by atoms with Gasteiger partial charge in [-0.1, -0.05) is 79.5 Å². The highest BCUT2D eigenvalue weighted by molar-refractivity contribution is 6.31. The van der Waals surface area contributed by atoms with Gasteiger partial charge in [0.1, 0.15) is 31.1 Å². The molecule has 2 heterocycles. The van der Waals surface area contributed by atoms with Gasteiger partial charge in [0.2, 0.25) is 0 Å². The molecule has 2 saturated carbocycles. The SMILES string of the molecule is CC1(C)CCC(Cc2ccc(Cl)cc2)C1(O)Cn1cncn1.Fc1ccc(C2(Cn3cncn3)CC2c2ccccc2Cl)cc1. The zero-order valence-corrected chi connectivity index (χ0v) is 26.9. The quantitative estimate of drug-likeness (QED) is 0.188. The average Bonchev–Trinajstić information content (AvgIpc) is 3.36. The van der Waals surface area contributed by atoms with Crippen molar-refractivity contribution in [3.8, 4) is 0 Å². The molecule has 0 saturated heterocycles. The Morgan fingerprint density at radius 2 is 1.51 bits per heavy atom. The van der Waals surface area contributed by atoms with Crippen molar-refractivity contribution in [1.29, 1.82) is 0 Å². The molecule has 2 aromatic heterocycles. The highest BCUT2D eigenvalue weighted by Crippen LogP contribution is 2.62. The van der Waals surface area contributed by atoms with Crippen LogP contribution in [-0.4, -0.2) is 40.2 Å². The fraction of sp³-hybridized carbons (Fsp3) is 0.371. The Labute approximate surface area is 273 Å². The lowest BCUT2D eigenvalue weighted by Crippen LogP contribution is -2.49. The van der Waals surface area contributed by atoms with Gasteiger partial charge in [0.05, 0.1) is 18.7 Å². The third-order valence-electron chi connectivity index (χ3n) is 9.92. The standard InChI is InChI=1S/C18H15ClFN3.C17H22ClN3O/c19-17-4-2-1-3-15(17)16-9-18(16,10-23-12-21-11-22-23)13-5-7-14(20)8-6-13;1-16(2)8-7-14(9-13-3-5-15(18)6-4-13)17(16,22)10-21-12-19-11-20-21/h1-8,11-12,16H,9-10H2;3-6,11-12,14,22H,7-10H2,1-2H3. The van der Waals surface area contributed by atoms with Crippen LogP contribution in [0.2, 0.25) is 10.0 Å². The minimum Gasteiger partial charge on any atom is -0.387 e. The first-order chi connectivity index (χ1) is 21.6. The van der Waals surface area contributed by atoms with Gasteiger partial charge in [-0.3, -0.25) is 9.36 Å². The molecular formula is C35H37Cl2FN6O. The molecule has 1 N–H and O–H groups in total. The average molecular weight is 648 g/mol. The van der Waals surface area contributed by atoms with E-state index in [-0.39, 0.29) is 22.6 Å². The molecule has 2 fully saturated rings. The molecule has 2 aliphatic carbocycles. The summed E-state index contributed by atoms with van der Waals surface area (Å²) < 4.78 is 16.9. The van der Waals surface area contributed by atoms with Crippen molar-refractivity contribution in [2.24, 2.45) is 11.3 Å². The van der Waals surface area contributed by atoms with Crippen LogP contribution in [0.1, 0.15) is 55.7 Å². The first-order valence-corrected chi connectivity index (χ1v) is 16.0. The van der Waals surface area contributed by atoms with E-state index in [2.05, 4.69) is 40.1 Å². The van der Waals surface area contributed by atoms with Crippen LogP contribution in [0.4, 0.5) is 4.39 Å². The molecular weight excluding hydrogens is 610 g/mol. The van der Waals surface area contributed by atoms with Gasteiger partial charge in [-0.2, -0.15) is 10.2 Å². The van der Waals surface area contributed by atoms with Crippen LogP contribution in [0.3, 0.4) is 0 Å². The monoisotopic (exact) mass is 646 g/mol. The van der Waals surface area contributed by atoms with E-state index >= 15 is 0 Å². The zero-order chi connectivity index (χ0) is 31.7. The number of hydrogen-bond donors (Lipinski definition) is 1. The minimum atomic E-state index is -0.791. The van der Waals surface area contributed by atoms with Crippen molar-refractivity contribution in [1.82, 2.24) is 29.5 Å². The molecule has 2 aliphatic rings. The Morgan fingerprint density at radius 3 is 2.13 bits per heavy atom. The van der Waals surface area contributed by atoms with Gasteiger partial charge < -0.3 is 5.11 Å². The molecule has 10 heteroatoms. The van der Waals surface area contributed by atoms with Crippen LogP contribution in [0, 0.1) is 17.2 Å². The highest BCUT2D eigenvalue weighted by Gasteiger charge is 2.57. The van der Waals surface area contributed by atoms with Gasteiger partial charge in [0.15, 0.2) is 0 Å². The van der Waals surface area contributed by atoms with Crippen molar-refractivity contribution in [3.05, 3.63) is 131 Å². The smallest absolute Gasteiger partial charge is 0.137 e. The Bertz CT molecular complexity index is 1700. The molecule has 5 aromatic rings. The van der Waals surface area contributed by atoms with Gasteiger partial charge in [0, 0.05) is 15.5 Å². The second kappa shape index (κ2) is 12.7. The first kappa shape index (κ1) is 31.4.